The topological polar surface area (TPSA) is 67.2 Å². The molecule has 5 rings (SSSR count). The van der Waals surface area contributed by atoms with E-state index in [0.29, 0.717) is 25.5 Å². The predicted molar refractivity (Wildman–Crippen MR) is 137 cm³/mol. The molecule has 174 valence electrons. The zero-order chi connectivity index (χ0) is 23.5. The summed E-state index contributed by atoms with van der Waals surface area (Å²) in [6, 6.07) is 20.0. The molecule has 0 aliphatic carbocycles. The Hall–Kier alpha value is -3.45. The van der Waals surface area contributed by atoms with Crippen molar-refractivity contribution in [3.63, 3.8) is 0 Å². The Morgan fingerprint density at radius 2 is 1.94 bits per heavy atom. The number of hydrogen-bond acceptors (Lipinski definition) is 5. The zero-order valence-electron chi connectivity index (χ0n) is 19.2. The molecule has 0 unspecified atom stereocenters. The minimum Gasteiger partial charge on any atom is -0.351 e. The Labute approximate surface area is 202 Å². The second-order valence-electron chi connectivity index (χ2n) is 8.88. The van der Waals surface area contributed by atoms with Gasteiger partial charge in [-0.25, -0.2) is 4.98 Å². The number of rotatable bonds is 6. The molecule has 1 fully saturated rings. The SMILES string of the molecule is Cc1ccc(Cn2c(=O)c(N3CCC[C@H](C(=O)NCc4cccs4)C3)nc3ccccc32)cc1. The number of amides is 1. The fourth-order valence-corrected chi connectivity index (χ4v) is 5.18. The summed E-state index contributed by atoms with van der Waals surface area (Å²) in [6.07, 6.45) is 1.67. The molecule has 2 aromatic carbocycles. The van der Waals surface area contributed by atoms with E-state index < -0.39 is 0 Å². The number of anilines is 1. The number of aryl methyl sites for hydroxylation is 1. The van der Waals surface area contributed by atoms with Crippen molar-refractivity contribution in [2.45, 2.75) is 32.9 Å². The number of carbonyl (C=O) groups is 1. The molecular formula is C27H28N4O2S. The smallest absolute Gasteiger partial charge is 0.294 e. The molecule has 1 amide bonds. The monoisotopic (exact) mass is 472 g/mol. The van der Waals surface area contributed by atoms with Crippen molar-refractivity contribution in [1.82, 2.24) is 14.9 Å². The van der Waals surface area contributed by atoms with Gasteiger partial charge < -0.3 is 10.2 Å². The van der Waals surface area contributed by atoms with Gasteiger partial charge in [-0.3, -0.25) is 14.2 Å². The van der Waals surface area contributed by atoms with E-state index in [0.717, 1.165) is 40.9 Å². The molecule has 3 heterocycles. The Morgan fingerprint density at radius 1 is 1.12 bits per heavy atom. The fraction of sp³-hybridized carbons (Fsp3) is 0.296. The molecule has 1 aliphatic heterocycles. The molecular weight excluding hydrogens is 444 g/mol. The molecule has 1 atom stereocenters. The van der Waals surface area contributed by atoms with Crippen molar-refractivity contribution in [1.29, 1.82) is 0 Å². The Bertz CT molecular complexity index is 1350. The highest BCUT2D eigenvalue weighted by Gasteiger charge is 2.28. The lowest BCUT2D eigenvalue weighted by atomic mass is 9.97. The van der Waals surface area contributed by atoms with Crippen molar-refractivity contribution >= 4 is 34.1 Å². The number of thiophene rings is 1. The molecule has 1 aliphatic rings. The van der Waals surface area contributed by atoms with Gasteiger partial charge in [0.2, 0.25) is 5.91 Å². The van der Waals surface area contributed by atoms with Crippen molar-refractivity contribution in [3.05, 3.63) is 92.4 Å². The first-order valence-corrected chi connectivity index (χ1v) is 12.6. The second-order valence-corrected chi connectivity index (χ2v) is 9.92. The lowest BCUT2D eigenvalue weighted by Crippen LogP contribution is -2.45. The number of aromatic nitrogens is 2. The van der Waals surface area contributed by atoms with E-state index in [4.69, 9.17) is 4.98 Å². The van der Waals surface area contributed by atoms with Gasteiger partial charge in [0.05, 0.1) is 30.0 Å². The van der Waals surface area contributed by atoms with Crippen LogP contribution in [0.1, 0.15) is 28.8 Å². The third-order valence-electron chi connectivity index (χ3n) is 6.41. The van der Waals surface area contributed by atoms with Crippen molar-refractivity contribution in [2.75, 3.05) is 18.0 Å². The van der Waals surface area contributed by atoms with E-state index in [1.807, 2.05) is 51.2 Å². The van der Waals surface area contributed by atoms with Crippen LogP contribution in [0.25, 0.3) is 11.0 Å². The number of nitrogens with zero attached hydrogens (tertiary/aromatic N) is 3. The number of benzene rings is 2. The summed E-state index contributed by atoms with van der Waals surface area (Å²) in [5.41, 5.74) is 3.75. The summed E-state index contributed by atoms with van der Waals surface area (Å²) < 4.78 is 1.81. The minimum absolute atomic E-state index is 0.0406. The van der Waals surface area contributed by atoms with Crippen LogP contribution < -0.4 is 15.8 Å². The summed E-state index contributed by atoms with van der Waals surface area (Å²) in [7, 11) is 0. The normalized spacial score (nSPS) is 16.0. The van der Waals surface area contributed by atoms with E-state index >= 15 is 0 Å². The number of piperidine rings is 1. The first-order chi connectivity index (χ1) is 16.6. The van der Waals surface area contributed by atoms with Gasteiger partial charge in [-0.1, -0.05) is 48.0 Å². The third-order valence-corrected chi connectivity index (χ3v) is 7.28. The molecule has 4 aromatic rings. The van der Waals surface area contributed by atoms with Gasteiger partial charge in [-0.15, -0.1) is 11.3 Å². The van der Waals surface area contributed by atoms with Crippen LogP contribution in [-0.4, -0.2) is 28.5 Å². The zero-order valence-corrected chi connectivity index (χ0v) is 20.1. The molecule has 7 heteroatoms. The van der Waals surface area contributed by atoms with Crippen molar-refractivity contribution in [3.8, 4) is 0 Å². The van der Waals surface area contributed by atoms with Gasteiger partial charge in [0.15, 0.2) is 5.82 Å². The van der Waals surface area contributed by atoms with E-state index in [-0.39, 0.29) is 17.4 Å². The standard InChI is InChI=1S/C27H28N4O2S/c1-19-10-12-20(13-11-19)17-31-24-9-3-2-8-23(24)29-25(27(31)33)30-14-4-6-21(18-30)26(32)28-16-22-7-5-15-34-22/h2-3,5,7-13,15,21H,4,6,14,16-18H2,1H3,(H,28,32)/t21-/m0/s1. The first-order valence-electron chi connectivity index (χ1n) is 11.7. The average molecular weight is 473 g/mol. The van der Waals surface area contributed by atoms with Crippen LogP contribution in [0.3, 0.4) is 0 Å². The van der Waals surface area contributed by atoms with Crippen LogP contribution >= 0.6 is 11.3 Å². The van der Waals surface area contributed by atoms with Gasteiger partial charge in [0.25, 0.3) is 5.56 Å². The van der Waals surface area contributed by atoms with Crippen molar-refractivity contribution < 1.29 is 4.79 Å². The summed E-state index contributed by atoms with van der Waals surface area (Å²) in [4.78, 5) is 34.4. The third kappa shape index (κ3) is 4.75. The molecule has 0 saturated carbocycles. The minimum atomic E-state index is -0.160. The molecule has 0 radical (unpaired) electrons. The van der Waals surface area contributed by atoms with Crippen LogP contribution in [0.5, 0.6) is 0 Å². The summed E-state index contributed by atoms with van der Waals surface area (Å²) in [5.74, 6) is 0.312. The second kappa shape index (κ2) is 9.81. The highest BCUT2D eigenvalue weighted by Crippen LogP contribution is 2.23. The lowest BCUT2D eigenvalue weighted by Gasteiger charge is -2.32. The highest BCUT2D eigenvalue weighted by atomic mass is 32.1. The maximum atomic E-state index is 13.7. The number of hydrogen-bond donors (Lipinski definition) is 1. The number of fused-ring (bicyclic) bond motifs is 1. The van der Waals surface area contributed by atoms with Crippen LogP contribution in [0.15, 0.2) is 70.8 Å². The number of nitrogens with one attached hydrogen (secondary N) is 1. The molecule has 1 saturated heterocycles. The molecule has 0 bridgehead atoms. The van der Waals surface area contributed by atoms with E-state index in [2.05, 4.69) is 36.5 Å². The summed E-state index contributed by atoms with van der Waals surface area (Å²) in [6.45, 7) is 4.30. The highest BCUT2D eigenvalue weighted by molar-refractivity contribution is 7.09. The molecule has 6 nitrogen and oxygen atoms in total. The maximum Gasteiger partial charge on any atom is 0.294 e. The Balaban J connectivity index is 1.42. The van der Waals surface area contributed by atoms with E-state index in [1.54, 1.807) is 11.3 Å². The Kier molecular flexibility index (Phi) is 6.45. The molecule has 1 N–H and O–H groups in total. The van der Waals surface area contributed by atoms with Gasteiger partial charge in [-0.05, 0) is 48.9 Å². The quantitative estimate of drug-likeness (QED) is 0.453. The molecule has 34 heavy (non-hydrogen) atoms. The van der Waals surface area contributed by atoms with Gasteiger partial charge in [0, 0.05) is 18.0 Å². The average Bonchev–Trinajstić information content (AvgIpc) is 3.39. The van der Waals surface area contributed by atoms with Crippen LogP contribution in [0, 0.1) is 12.8 Å². The molecule has 2 aromatic heterocycles. The van der Waals surface area contributed by atoms with E-state index in [1.165, 1.54) is 5.56 Å². The van der Waals surface area contributed by atoms with E-state index in [9.17, 15) is 9.59 Å². The largest absolute Gasteiger partial charge is 0.351 e. The molecule has 0 spiro atoms. The van der Waals surface area contributed by atoms with Crippen LogP contribution in [-0.2, 0) is 17.9 Å². The Morgan fingerprint density at radius 3 is 2.74 bits per heavy atom. The maximum absolute atomic E-state index is 13.7. The fourth-order valence-electron chi connectivity index (χ4n) is 4.53. The van der Waals surface area contributed by atoms with Gasteiger partial charge in [0.1, 0.15) is 0 Å². The number of carbonyl (C=O) groups excluding carboxylic acids is 1. The van der Waals surface area contributed by atoms with Gasteiger partial charge in [-0.2, -0.15) is 0 Å². The first kappa shape index (κ1) is 22.3. The number of para-hydroxylation sites is 2. The lowest BCUT2D eigenvalue weighted by molar-refractivity contribution is -0.125. The predicted octanol–water partition coefficient (Wildman–Crippen LogP) is 4.35. The van der Waals surface area contributed by atoms with Crippen LogP contribution in [0.4, 0.5) is 5.82 Å². The summed E-state index contributed by atoms with van der Waals surface area (Å²) >= 11 is 1.64. The summed E-state index contributed by atoms with van der Waals surface area (Å²) in [5, 5.41) is 5.07. The van der Waals surface area contributed by atoms with Gasteiger partial charge >= 0.3 is 0 Å². The van der Waals surface area contributed by atoms with Crippen LogP contribution in [0.2, 0.25) is 0 Å². The van der Waals surface area contributed by atoms with Crippen molar-refractivity contribution in [2.24, 2.45) is 5.92 Å².